The van der Waals surface area contributed by atoms with Gasteiger partial charge >= 0.3 is 5.97 Å². The second-order valence-corrected chi connectivity index (χ2v) is 10.5. The molecule has 4 aromatic rings. The number of rotatable bonds is 7. The Morgan fingerprint density at radius 3 is 2.70 bits per heavy atom. The first-order valence-electron chi connectivity index (χ1n) is 13.1. The van der Waals surface area contributed by atoms with E-state index in [9.17, 15) is 9.90 Å². The van der Waals surface area contributed by atoms with Crippen LogP contribution in [0, 0.1) is 5.92 Å². The van der Waals surface area contributed by atoms with Crippen LogP contribution in [0.3, 0.4) is 0 Å². The van der Waals surface area contributed by atoms with Gasteiger partial charge in [0.2, 0.25) is 0 Å². The van der Waals surface area contributed by atoms with E-state index in [1.54, 1.807) is 4.68 Å². The highest BCUT2D eigenvalue weighted by Crippen LogP contribution is 2.55. The highest BCUT2D eigenvalue weighted by atomic mass is 16.4. The molecule has 3 heterocycles. The molecule has 2 aromatic heterocycles. The predicted molar refractivity (Wildman–Crippen MR) is 140 cm³/mol. The molecule has 6 rings (SSSR count). The number of carbonyl (C=O) groups is 1. The second-order valence-electron chi connectivity index (χ2n) is 10.5. The van der Waals surface area contributed by atoms with E-state index in [1.807, 2.05) is 30.1 Å². The number of aromatic nitrogens is 5. The van der Waals surface area contributed by atoms with E-state index in [4.69, 9.17) is 0 Å². The topological polar surface area (TPSA) is 89.1 Å². The van der Waals surface area contributed by atoms with E-state index in [1.165, 1.54) is 22.9 Å². The van der Waals surface area contributed by atoms with Crippen molar-refractivity contribution >= 4 is 5.97 Å². The molecule has 2 aliphatic rings. The molecule has 2 aromatic carbocycles. The van der Waals surface area contributed by atoms with Crippen molar-refractivity contribution in [3.63, 3.8) is 0 Å². The molecule has 1 aliphatic carbocycles. The van der Waals surface area contributed by atoms with E-state index < -0.39 is 5.97 Å². The van der Waals surface area contributed by atoms with Gasteiger partial charge in [0, 0.05) is 44.7 Å². The van der Waals surface area contributed by atoms with Crippen molar-refractivity contribution in [3.05, 3.63) is 94.6 Å². The normalized spacial score (nSPS) is 21.4. The second kappa shape index (κ2) is 9.59. The Hall–Kier alpha value is -3.78. The summed E-state index contributed by atoms with van der Waals surface area (Å²) in [5.41, 5.74) is 6.89. The van der Waals surface area contributed by atoms with Gasteiger partial charge in [-0.05, 0) is 47.6 Å². The lowest BCUT2D eigenvalue weighted by molar-refractivity contribution is 0.0695. The Morgan fingerprint density at radius 1 is 1.11 bits per heavy atom. The third-order valence-electron chi connectivity index (χ3n) is 7.85. The lowest BCUT2D eigenvalue weighted by atomic mass is 9.96. The number of nitrogens with zero attached hydrogens (tertiary/aromatic N) is 6. The summed E-state index contributed by atoms with van der Waals surface area (Å²) in [6.07, 6.45) is 6.53. The number of fused-ring (bicyclic) bond motifs is 1. The van der Waals surface area contributed by atoms with Gasteiger partial charge in [-0.1, -0.05) is 55.0 Å². The highest BCUT2D eigenvalue weighted by Gasteiger charge is 2.46. The molecular weight excluding hydrogens is 464 g/mol. The predicted octanol–water partition coefficient (Wildman–Crippen LogP) is 4.55. The summed E-state index contributed by atoms with van der Waals surface area (Å²) in [4.78, 5) is 14.6. The van der Waals surface area contributed by atoms with Crippen LogP contribution in [0.4, 0.5) is 0 Å². The van der Waals surface area contributed by atoms with Crippen LogP contribution in [0.2, 0.25) is 0 Å². The Labute approximate surface area is 216 Å². The molecule has 0 amide bonds. The Kier molecular flexibility index (Phi) is 6.12. The van der Waals surface area contributed by atoms with Crippen molar-refractivity contribution in [2.24, 2.45) is 13.0 Å². The summed E-state index contributed by atoms with van der Waals surface area (Å²) in [5, 5.41) is 22.8. The van der Waals surface area contributed by atoms with Crippen molar-refractivity contribution in [1.29, 1.82) is 0 Å². The third kappa shape index (κ3) is 4.69. The van der Waals surface area contributed by atoms with Crippen LogP contribution < -0.4 is 0 Å². The van der Waals surface area contributed by atoms with Gasteiger partial charge in [0.05, 0.1) is 23.3 Å². The van der Waals surface area contributed by atoms with Crippen LogP contribution in [-0.4, -0.2) is 47.3 Å². The molecule has 8 heteroatoms. The van der Waals surface area contributed by atoms with Gasteiger partial charge in [0.15, 0.2) is 0 Å². The summed E-state index contributed by atoms with van der Waals surface area (Å²) >= 11 is 0. The Morgan fingerprint density at radius 2 is 1.95 bits per heavy atom. The van der Waals surface area contributed by atoms with E-state index in [0.29, 0.717) is 5.92 Å². The van der Waals surface area contributed by atoms with Crippen molar-refractivity contribution in [1.82, 2.24) is 29.7 Å². The maximum absolute atomic E-state index is 12.1. The fourth-order valence-electron chi connectivity index (χ4n) is 5.84. The van der Waals surface area contributed by atoms with Crippen LogP contribution in [-0.2, 0) is 26.6 Å². The summed E-state index contributed by atoms with van der Waals surface area (Å²) < 4.78 is 3.51. The van der Waals surface area contributed by atoms with E-state index in [-0.39, 0.29) is 17.4 Å². The summed E-state index contributed by atoms with van der Waals surface area (Å²) in [6.45, 7) is 5.12. The lowest BCUT2D eigenvalue weighted by Crippen LogP contribution is -2.27. The summed E-state index contributed by atoms with van der Waals surface area (Å²) in [7, 11) is 1.85. The van der Waals surface area contributed by atoms with Gasteiger partial charge in [0.25, 0.3) is 0 Å². The average molecular weight is 497 g/mol. The molecule has 190 valence electrons. The average Bonchev–Trinajstić information content (AvgIpc) is 3.41. The highest BCUT2D eigenvalue weighted by molar-refractivity contribution is 5.89. The molecule has 8 nitrogen and oxygen atoms in total. The van der Waals surface area contributed by atoms with Crippen molar-refractivity contribution < 1.29 is 9.90 Å². The monoisotopic (exact) mass is 496 g/mol. The van der Waals surface area contributed by atoms with Gasteiger partial charge in [-0.25, -0.2) is 9.48 Å². The molecule has 3 atom stereocenters. The van der Waals surface area contributed by atoms with E-state index in [0.717, 1.165) is 56.0 Å². The van der Waals surface area contributed by atoms with Crippen molar-refractivity contribution in [2.75, 3.05) is 6.54 Å². The molecule has 0 bridgehead atoms. The van der Waals surface area contributed by atoms with Crippen LogP contribution in [0.5, 0.6) is 0 Å². The minimum absolute atomic E-state index is 0.0568. The summed E-state index contributed by atoms with van der Waals surface area (Å²) in [6, 6.07) is 17.2. The fraction of sp³-hybridized carbons (Fsp3) is 0.379. The first-order chi connectivity index (χ1) is 18.0. The maximum atomic E-state index is 12.1. The molecule has 1 fully saturated rings. The van der Waals surface area contributed by atoms with Gasteiger partial charge in [-0.2, -0.15) is 5.10 Å². The minimum atomic E-state index is -0.948. The molecule has 0 radical (unpaired) electrons. The zero-order valence-electron chi connectivity index (χ0n) is 21.3. The summed E-state index contributed by atoms with van der Waals surface area (Å²) in [5.74, 6) is -0.0958. The first-order valence-corrected chi connectivity index (χ1v) is 13.1. The maximum Gasteiger partial charge on any atom is 0.339 e. The van der Waals surface area contributed by atoms with Crippen LogP contribution in [0.15, 0.2) is 60.9 Å². The zero-order valence-corrected chi connectivity index (χ0v) is 21.3. The Balaban J connectivity index is 1.28. The van der Waals surface area contributed by atoms with Crippen molar-refractivity contribution in [3.8, 4) is 5.69 Å². The molecule has 37 heavy (non-hydrogen) atoms. The largest absolute Gasteiger partial charge is 0.478 e. The lowest BCUT2D eigenvalue weighted by Gasteiger charge is -2.24. The quantitative estimate of drug-likeness (QED) is 0.404. The number of aromatic carboxylic acids is 1. The number of aryl methyl sites for hydroxylation is 1. The molecule has 0 unspecified atom stereocenters. The fourth-order valence-corrected chi connectivity index (χ4v) is 5.84. The van der Waals surface area contributed by atoms with E-state index >= 15 is 0 Å². The number of carboxylic acid groups (broad SMARTS) is 1. The molecular formula is C29H32N6O2. The van der Waals surface area contributed by atoms with Gasteiger partial charge in [-0.3, -0.25) is 9.58 Å². The SMILES string of the molecule is CC[C@@H]1Cc2ccccc2CN(Cc2cccc(-n3ncc(C(=O)O)c3[C@@H]3C[C@H]3c3cn(C)nn3)c2)C1. The zero-order chi connectivity index (χ0) is 25.5. The van der Waals surface area contributed by atoms with Crippen LogP contribution in [0.1, 0.15) is 70.0 Å². The van der Waals surface area contributed by atoms with Gasteiger partial charge < -0.3 is 5.11 Å². The first kappa shape index (κ1) is 23.6. The van der Waals surface area contributed by atoms with Crippen molar-refractivity contribution in [2.45, 2.75) is 51.1 Å². The molecule has 1 aliphatic heterocycles. The van der Waals surface area contributed by atoms with E-state index in [2.05, 4.69) is 63.6 Å². The van der Waals surface area contributed by atoms with Gasteiger partial charge in [-0.15, -0.1) is 5.10 Å². The Bertz CT molecular complexity index is 1440. The van der Waals surface area contributed by atoms with Crippen LogP contribution in [0.25, 0.3) is 5.69 Å². The smallest absolute Gasteiger partial charge is 0.339 e. The number of benzene rings is 2. The standard InChI is InChI=1S/C29H32N6O2/c1-3-19-11-21-8-4-5-9-22(21)17-34(15-19)16-20-7-6-10-23(12-20)35-28(26(14-30-35)29(36)37)25-13-24(25)27-18-33(2)32-31-27/h4-10,12,14,18-19,24-25H,3,11,13,15-17H2,1-2H3,(H,36,37)/t19-,24-,25-/m1/s1. The molecule has 0 saturated heterocycles. The van der Waals surface area contributed by atoms with Crippen LogP contribution >= 0.6 is 0 Å². The van der Waals surface area contributed by atoms with Gasteiger partial charge in [0.1, 0.15) is 5.56 Å². The number of hydrogen-bond donors (Lipinski definition) is 1. The molecule has 1 saturated carbocycles. The third-order valence-corrected chi connectivity index (χ3v) is 7.85. The number of hydrogen-bond acceptors (Lipinski definition) is 5. The molecule has 1 N–H and O–H groups in total. The minimum Gasteiger partial charge on any atom is -0.478 e. The number of carboxylic acids is 1. The molecule has 0 spiro atoms.